The third kappa shape index (κ3) is 10.2. The number of unbranched alkanes of at least 4 members (excludes halogenated alkanes) is 1. The lowest BCUT2D eigenvalue weighted by atomic mass is 10.2. The van der Waals surface area contributed by atoms with Crippen molar-refractivity contribution in [3.05, 3.63) is 46.9 Å². The summed E-state index contributed by atoms with van der Waals surface area (Å²) in [6.45, 7) is 10.9. The Labute approximate surface area is 111 Å². The molecule has 0 amide bonds. The summed E-state index contributed by atoms with van der Waals surface area (Å²) in [5.74, 6) is 1.17. The van der Waals surface area contributed by atoms with Crippen molar-refractivity contribution < 1.29 is 0 Å². The first kappa shape index (κ1) is 16.3. The van der Waals surface area contributed by atoms with Gasteiger partial charge >= 0.3 is 0 Å². The summed E-state index contributed by atoms with van der Waals surface area (Å²) in [6.07, 6.45) is 10.9. The molecule has 2 N–H and O–H groups in total. The minimum absolute atomic E-state index is 0.591. The van der Waals surface area contributed by atoms with E-state index in [1.807, 2.05) is 24.8 Å². The Morgan fingerprint density at radius 2 is 2.00 bits per heavy atom. The van der Waals surface area contributed by atoms with Crippen LogP contribution in [0.25, 0.3) is 0 Å². The van der Waals surface area contributed by atoms with Crippen molar-refractivity contribution in [1.82, 2.24) is 0 Å². The number of hydrogen-bond acceptors (Lipinski definition) is 2. The Balaban J connectivity index is 4.58. The molecule has 0 aromatic rings. The van der Waals surface area contributed by atoms with Crippen molar-refractivity contribution in [2.75, 3.05) is 12.3 Å². The van der Waals surface area contributed by atoms with Gasteiger partial charge in [-0.05, 0) is 38.2 Å². The van der Waals surface area contributed by atoms with Crippen molar-refractivity contribution >= 4 is 11.8 Å². The lowest BCUT2D eigenvalue weighted by Gasteiger charge is -2.03. The molecular weight excluding hydrogens is 226 g/mol. The van der Waals surface area contributed by atoms with Crippen molar-refractivity contribution in [2.45, 2.75) is 33.6 Å². The number of hydrogen-bond donors (Lipinski definition) is 1. The molecule has 0 unspecified atom stereocenters. The summed E-state index contributed by atoms with van der Waals surface area (Å²) in [6, 6.07) is 0. The Hall–Kier alpha value is -0.730. The first-order chi connectivity index (χ1) is 8.10. The molecule has 2 heteroatoms. The van der Waals surface area contributed by atoms with E-state index in [1.54, 1.807) is 0 Å². The van der Waals surface area contributed by atoms with E-state index in [0.29, 0.717) is 6.54 Å². The fraction of sp³-hybridized carbons (Fsp3) is 0.467. The number of rotatable bonds is 8. The zero-order valence-corrected chi connectivity index (χ0v) is 12.1. The Morgan fingerprint density at radius 3 is 2.53 bits per heavy atom. The van der Waals surface area contributed by atoms with Gasteiger partial charge in [0.05, 0.1) is 0 Å². The molecule has 0 aliphatic rings. The largest absolute Gasteiger partial charge is 0.327 e. The van der Waals surface area contributed by atoms with Crippen LogP contribution >= 0.6 is 11.8 Å². The topological polar surface area (TPSA) is 26.0 Å². The predicted molar refractivity (Wildman–Crippen MR) is 82.2 cm³/mol. The summed E-state index contributed by atoms with van der Waals surface area (Å²) in [5.41, 5.74) is 7.76. The standard InChI is InChI=1S/C15H25NS/c1-5-6-10-17-15(11-13(2)3)12-14(4)8-7-9-16/h7-8,11-12H,2,5-6,9-10,16H2,1,3-4H3. The van der Waals surface area contributed by atoms with Crippen molar-refractivity contribution in [1.29, 1.82) is 0 Å². The number of allylic oxidation sites excluding steroid dienone is 5. The molecule has 0 aromatic carbocycles. The molecule has 0 rings (SSSR count). The molecule has 0 aromatic heterocycles. The first-order valence-corrected chi connectivity index (χ1v) is 7.13. The highest BCUT2D eigenvalue weighted by Gasteiger charge is 1.95. The van der Waals surface area contributed by atoms with Crippen LogP contribution in [-0.4, -0.2) is 12.3 Å². The van der Waals surface area contributed by atoms with Crippen LogP contribution in [0.2, 0.25) is 0 Å². The SMILES string of the molecule is C=C(C)C=C(C=C(C)C=CCN)SCCCC. The second kappa shape index (κ2) is 10.4. The molecule has 0 saturated carbocycles. The highest BCUT2D eigenvalue weighted by atomic mass is 32.2. The second-order valence-electron chi connectivity index (χ2n) is 4.12. The van der Waals surface area contributed by atoms with E-state index >= 15 is 0 Å². The van der Waals surface area contributed by atoms with Gasteiger partial charge in [0, 0.05) is 11.4 Å². The average Bonchev–Trinajstić information content (AvgIpc) is 2.25. The molecule has 0 atom stereocenters. The molecular formula is C15H25NS. The van der Waals surface area contributed by atoms with Crippen LogP contribution < -0.4 is 5.73 Å². The Bertz CT molecular complexity index is 311. The molecule has 0 heterocycles. The summed E-state index contributed by atoms with van der Waals surface area (Å²) in [7, 11) is 0. The molecule has 0 spiro atoms. The van der Waals surface area contributed by atoms with E-state index in [0.717, 1.165) is 5.57 Å². The molecule has 96 valence electrons. The van der Waals surface area contributed by atoms with Crippen LogP contribution in [0.1, 0.15) is 33.6 Å². The Kier molecular flexibility index (Phi) is 9.98. The quantitative estimate of drug-likeness (QED) is 0.510. The van der Waals surface area contributed by atoms with Gasteiger partial charge < -0.3 is 5.73 Å². The molecule has 0 aliphatic carbocycles. The summed E-state index contributed by atoms with van der Waals surface area (Å²) in [5, 5.41) is 0. The van der Waals surface area contributed by atoms with Gasteiger partial charge in [0.25, 0.3) is 0 Å². The van der Waals surface area contributed by atoms with Crippen molar-refractivity contribution in [3.8, 4) is 0 Å². The minimum Gasteiger partial charge on any atom is -0.327 e. The van der Waals surface area contributed by atoms with E-state index in [2.05, 4.69) is 38.7 Å². The van der Waals surface area contributed by atoms with Gasteiger partial charge in [0.2, 0.25) is 0 Å². The van der Waals surface area contributed by atoms with Gasteiger partial charge in [-0.15, -0.1) is 11.8 Å². The van der Waals surface area contributed by atoms with Crippen molar-refractivity contribution in [3.63, 3.8) is 0 Å². The molecule has 1 nitrogen and oxygen atoms in total. The smallest absolute Gasteiger partial charge is 0.0110 e. The van der Waals surface area contributed by atoms with Gasteiger partial charge in [0.15, 0.2) is 0 Å². The summed E-state index contributed by atoms with van der Waals surface area (Å²) < 4.78 is 0. The predicted octanol–water partition coefficient (Wildman–Crippen LogP) is 4.44. The fourth-order valence-electron chi connectivity index (χ4n) is 1.23. The fourth-order valence-corrected chi connectivity index (χ4v) is 2.45. The van der Waals surface area contributed by atoms with E-state index in [1.165, 1.54) is 29.1 Å². The summed E-state index contributed by atoms with van der Waals surface area (Å²) >= 11 is 1.89. The molecule has 0 bridgehead atoms. The highest BCUT2D eigenvalue weighted by molar-refractivity contribution is 8.03. The molecule has 17 heavy (non-hydrogen) atoms. The Morgan fingerprint density at radius 1 is 1.29 bits per heavy atom. The number of nitrogens with two attached hydrogens (primary N) is 1. The maximum absolute atomic E-state index is 5.44. The van der Waals surface area contributed by atoms with Crippen LogP contribution in [0.4, 0.5) is 0 Å². The maximum Gasteiger partial charge on any atom is 0.0110 e. The maximum atomic E-state index is 5.44. The normalized spacial score (nSPS) is 13.4. The van der Waals surface area contributed by atoms with E-state index in [-0.39, 0.29) is 0 Å². The second-order valence-corrected chi connectivity index (χ2v) is 5.29. The van der Waals surface area contributed by atoms with Crippen LogP contribution in [0.3, 0.4) is 0 Å². The van der Waals surface area contributed by atoms with Crippen LogP contribution in [-0.2, 0) is 0 Å². The van der Waals surface area contributed by atoms with Gasteiger partial charge in [-0.1, -0.05) is 43.2 Å². The van der Waals surface area contributed by atoms with Crippen LogP contribution in [0, 0.1) is 0 Å². The zero-order chi connectivity index (χ0) is 13.1. The van der Waals surface area contributed by atoms with Crippen molar-refractivity contribution in [2.24, 2.45) is 5.73 Å². The third-order valence-corrected chi connectivity index (χ3v) is 3.10. The average molecular weight is 251 g/mol. The molecule has 0 saturated heterocycles. The number of thioether (sulfide) groups is 1. The minimum atomic E-state index is 0.591. The van der Waals surface area contributed by atoms with E-state index in [9.17, 15) is 0 Å². The third-order valence-electron chi connectivity index (χ3n) is 2.04. The lowest BCUT2D eigenvalue weighted by molar-refractivity contribution is 0.897. The van der Waals surface area contributed by atoms with Crippen LogP contribution in [0.5, 0.6) is 0 Å². The van der Waals surface area contributed by atoms with Gasteiger partial charge in [-0.3, -0.25) is 0 Å². The lowest BCUT2D eigenvalue weighted by Crippen LogP contribution is -1.92. The van der Waals surface area contributed by atoms with E-state index < -0.39 is 0 Å². The molecule has 0 aliphatic heterocycles. The zero-order valence-electron chi connectivity index (χ0n) is 11.3. The van der Waals surface area contributed by atoms with Crippen LogP contribution in [0.15, 0.2) is 46.9 Å². The van der Waals surface area contributed by atoms with Gasteiger partial charge in [0.1, 0.15) is 0 Å². The molecule has 0 fully saturated rings. The monoisotopic (exact) mass is 251 g/mol. The molecule has 0 radical (unpaired) electrons. The van der Waals surface area contributed by atoms with E-state index in [4.69, 9.17) is 5.73 Å². The highest BCUT2D eigenvalue weighted by Crippen LogP contribution is 2.22. The first-order valence-electron chi connectivity index (χ1n) is 6.15. The van der Waals surface area contributed by atoms with Gasteiger partial charge in [-0.2, -0.15) is 0 Å². The summed E-state index contributed by atoms with van der Waals surface area (Å²) in [4.78, 5) is 1.28. The van der Waals surface area contributed by atoms with Gasteiger partial charge in [-0.25, -0.2) is 0 Å².